The molecular formula is C8H19N3O. The molecule has 0 aromatic heterocycles. The third-order valence-electron chi connectivity index (χ3n) is 1.86. The van der Waals surface area contributed by atoms with Crippen molar-refractivity contribution in [3.8, 4) is 0 Å². The van der Waals surface area contributed by atoms with Gasteiger partial charge in [-0.3, -0.25) is 9.69 Å². The summed E-state index contributed by atoms with van der Waals surface area (Å²) in [6.45, 7) is 4.52. The minimum atomic E-state index is -0.110. The molecule has 2 atom stereocenters. The summed E-state index contributed by atoms with van der Waals surface area (Å²) < 4.78 is 0. The normalized spacial score (nSPS) is 15.8. The summed E-state index contributed by atoms with van der Waals surface area (Å²) in [5.74, 6) is 0.0261. The number of nitrogens with one attached hydrogen (secondary N) is 1. The third kappa shape index (κ3) is 3.69. The maximum Gasteiger partial charge on any atom is 0.236 e. The van der Waals surface area contributed by atoms with E-state index in [2.05, 4.69) is 5.32 Å². The van der Waals surface area contributed by atoms with Gasteiger partial charge in [-0.2, -0.15) is 0 Å². The van der Waals surface area contributed by atoms with Gasteiger partial charge >= 0.3 is 0 Å². The monoisotopic (exact) mass is 173 g/mol. The van der Waals surface area contributed by atoms with Gasteiger partial charge < -0.3 is 11.1 Å². The Labute approximate surface area is 74.1 Å². The molecule has 0 heterocycles. The number of likely N-dealkylation sites (N-methyl/N-ethyl adjacent to an activating group) is 2. The van der Waals surface area contributed by atoms with Crippen LogP contribution >= 0.6 is 0 Å². The number of carbonyl (C=O) groups is 1. The standard InChI is InChI=1S/C8H19N3O/c1-6(9)5-11(4)7(2)8(12)10-3/h6-7H,5,9H2,1-4H3,(H,10,12). The van der Waals surface area contributed by atoms with Crippen LogP contribution in [0, 0.1) is 0 Å². The molecule has 0 bridgehead atoms. The van der Waals surface area contributed by atoms with Crippen molar-refractivity contribution < 1.29 is 4.79 Å². The lowest BCUT2D eigenvalue weighted by Crippen LogP contribution is -2.45. The summed E-state index contributed by atoms with van der Waals surface area (Å²) in [5.41, 5.74) is 5.60. The zero-order valence-corrected chi connectivity index (χ0v) is 8.29. The van der Waals surface area contributed by atoms with Crippen molar-refractivity contribution in [2.45, 2.75) is 25.9 Å². The fourth-order valence-corrected chi connectivity index (χ4v) is 1.02. The van der Waals surface area contributed by atoms with E-state index in [4.69, 9.17) is 5.73 Å². The Kier molecular flexibility index (Phi) is 4.85. The summed E-state index contributed by atoms with van der Waals surface area (Å²) in [6.07, 6.45) is 0. The second kappa shape index (κ2) is 5.11. The Morgan fingerprint density at radius 3 is 2.42 bits per heavy atom. The molecule has 3 N–H and O–H groups in total. The average molecular weight is 173 g/mol. The summed E-state index contributed by atoms with van der Waals surface area (Å²) in [5, 5.41) is 2.60. The average Bonchev–Trinajstić information content (AvgIpc) is 2.00. The highest BCUT2D eigenvalue weighted by atomic mass is 16.2. The number of carbonyl (C=O) groups excluding carboxylic acids is 1. The molecular weight excluding hydrogens is 154 g/mol. The minimum Gasteiger partial charge on any atom is -0.358 e. The number of rotatable bonds is 4. The first kappa shape index (κ1) is 11.4. The molecule has 4 heteroatoms. The predicted molar refractivity (Wildman–Crippen MR) is 49.8 cm³/mol. The van der Waals surface area contributed by atoms with Gasteiger partial charge in [0, 0.05) is 19.6 Å². The van der Waals surface area contributed by atoms with Crippen LogP contribution in [0.15, 0.2) is 0 Å². The van der Waals surface area contributed by atoms with E-state index in [1.165, 1.54) is 0 Å². The molecule has 1 amide bonds. The Morgan fingerprint density at radius 2 is 2.08 bits per heavy atom. The molecule has 12 heavy (non-hydrogen) atoms. The van der Waals surface area contributed by atoms with E-state index in [-0.39, 0.29) is 18.0 Å². The molecule has 0 saturated carbocycles. The van der Waals surface area contributed by atoms with Crippen molar-refractivity contribution in [2.75, 3.05) is 20.6 Å². The topological polar surface area (TPSA) is 58.4 Å². The van der Waals surface area contributed by atoms with Crippen molar-refractivity contribution in [1.29, 1.82) is 0 Å². The Morgan fingerprint density at radius 1 is 1.58 bits per heavy atom. The molecule has 0 rings (SSSR count). The van der Waals surface area contributed by atoms with Crippen LogP contribution in [0.4, 0.5) is 0 Å². The van der Waals surface area contributed by atoms with E-state index in [1.807, 2.05) is 25.8 Å². The van der Waals surface area contributed by atoms with Crippen molar-refractivity contribution in [1.82, 2.24) is 10.2 Å². The second-order valence-corrected chi connectivity index (χ2v) is 3.21. The molecule has 0 aliphatic heterocycles. The van der Waals surface area contributed by atoms with Crippen molar-refractivity contribution >= 4 is 5.91 Å². The molecule has 0 aliphatic carbocycles. The van der Waals surface area contributed by atoms with Gasteiger partial charge in [0.25, 0.3) is 0 Å². The van der Waals surface area contributed by atoms with Gasteiger partial charge in [-0.05, 0) is 20.9 Å². The number of nitrogens with zero attached hydrogens (tertiary/aromatic N) is 1. The fourth-order valence-electron chi connectivity index (χ4n) is 1.02. The molecule has 2 unspecified atom stereocenters. The van der Waals surface area contributed by atoms with Gasteiger partial charge in [-0.25, -0.2) is 0 Å². The first-order valence-corrected chi connectivity index (χ1v) is 4.16. The Hall–Kier alpha value is -0.610. The summed E-state index contributed by atoms with van der Waals surface area (Å²) >= 11 is 0. The van der Waals surface area contributed by atoms with Crippen LogP contribution in [0.2, 0.25) is 0 Å². The lowest BCUT2D eigenvalue weighted by Gasteiger charge is -2.24. The van der Waals surface area contributed by atoms with Crippen LogP contribution in [0.3, 0.4) is 0 Å². The third-order valence-corrected chi connectivity index (χ3v) is 1.86. The second-order valence-electron chi connectivity index (χ2n) is 3.21. The van der Waals surface area contributed by atoms with Gasteiger partial charge in [0.2, 0.25) is 5.91 Å². The van der Waals surface area contributed by atoms with Crippen LogP contribution in [0.25, 0.3) is 0 Å². The van der Waals surface area contributed by atoms with Crippen LogP contribution in [-0.2, 0) is 4.79 Å². The van der Waals surface area contributed by atoms with Crippen LogP contribution in [0.1, 0.15) is 13.8 Å². The van der Waals surface area contributed by atoms with Crippen LogP contribution in [0.5, 0.6) is 0 Å². The molecule has 0 aromatic rings. The summed E-state index contributed by atoms with van der Waals surface area (Å²) in [6, 6.07) is -0.0110. The Balaban J connectivity index is 3.91. The van der Waals surface area contributed by atoms with E-state index >= 15 is 0 Å². The van der Waals surface area contributed by atoms with E-state index in [9.17, 15) is 4.79 Å². The van der Waals surface area contributed by atoms with Crippen molar-refractivity contribution in [3.63, 3.8) is 0 Å². The number of hydrogen-bond donors (Lipinski definition) is 2. The fraction of sp³-hybridized carbons (Fsp3) is 0.875. The maximum atomic E-state index is 11.1. The lowest BCUT2D eigenvalue weighted by molar-refractivity contribution is -0.124. The molecule has 0 radical (unpaired) electrons. The van der Waals surface area contributed by atoms with Gasteiger partial charge in [-0.15, -0.1) is 0 Å². The number of hydrogen-bond acceptors (Lipinski definition) is 3. The van der Waals surface area contributed by atoms with Gasteiger partial charge in [0.15, 0.2) is 0 Å². The summed E-state index contributed by atoms with van der Waals surface area (Å²) in [7, 11) is 3.53. The number of nitrogens with two attached hydrogens (primary N) is 1. The highest BCUT2D eigenvalue weighted by molar-refractivity contribution is 5.80. The predicted octanol–water partition coefficient (Wildman–Crippen LogP) is -0.600. The van der Waals surface area contributed by atoms with E-state index < -0.39 is 0 Å². The highest BCUT2D eigenvalue weighted by Crippen LogP contribution is 1.95. The lowest BCUT2D eigenvalue weighted by atomic mass is 10.2. The molecule has 0 aromatic carbocycles. The molecule has 72 valence electrons. The Bertz CT molecular complexity index is 147. The van der Waals surface area contributed by atoms with E-state index in [0.29, 0.717) is 0 Å². The van der Waals surface area contributed by atoms with Gasteiger partial charge in [-0.1, -0.05) is 0 Å². The molecule has 0 spiro atoms. The molecule has 0 saturated heterocycles. The maximum absolute atomic E-state index is 11.1. The van der Waals surface area contributed by atoms with E-state index in [1.54, 1.807) is 7.05 Å². The molecule has 4 nitrogen and oxygen atoms in total. The molecule has 0 fully saturated rings. The first-order chi connectivity index (χ1) is 5.49. The first-order valence-electron chi connectivity index (χ1n) is 4.16. The smallest absolute Gasteiger partial charge is 0.236 e. The van der Waals surface area contributed by atoms with Crippen molar-refractivity contribution in [3.05, 3.63) is 0 Å². The van der Waals surface area contributed by atoms with Gasteiger partial charge in [0.1, 0.15) is 0 Å². The van der Waals surface area contributed by atoms with E-state index in [0.717, 1.165) is 6.54 Å². The van der Waals surface area contributed by atoms with Crippen LogP contribution in [-0.4, -0.2) is 43.5 Å². The van der Waals surface area contributed by atoms with Gasteiger partial charge in [0.05, 0.1) is 6.04 Å². The van der Waals surface area contributed by atoms with Crippen LogP contribution < -0.4 is 11.1 Å². The SMILES string of the molecule is CNC(=O)C(C)N(C)CC(C)N. The minimum absolute atomic E-state index is 0.0261. The highest BCUT2D eigenvalue weighted by Gasteiger charge is 2.16. The largest absolute Gasteiger partial charge is 0.358 e. The zero-order chi connectivity index (χ0) is 9.72. The zero-order valence-electron chi connectivity index (χ0n) is 8.29. The number of amides is 1. The summed E-state index contributed by atoms with van der Waals surface area (Å²) in [4.78, 5) is 13.1. The quantitative estimate of drug-likeness (QED) is 0.597. The van der Waals surface area contributed by atoms with Crippen molar-refractivity contribution in [2.24, 2.45) is 5.73 Å². The molecule has 0 aliphatic rings.